The number of pyridine rings is 1. The molecule has 0 aliphatic carbocycles. The van der Waals surface area contributed by atoms with E-state index >= 15 is 0 Å². The Morgan fingerprint density at radius 3 is 2.54 bits per heavy atom. The van der Waals surface area contributed by atoms with Crippen LogP contribution in [0, 0.1) is 0 Å². The van der Waals surface area contributed by atoms with Crippen molar-refractivity contribution in [2.45, 2.75) is 6.61 Å². The molecule has 2 N–H and O–H groups in total. The molecule has 4 rings (SSSR count). The number of ether oxygens (including phenoxy) is 1. The molecule has 2 aromatic heterocycles. The summed E-state index contributed by atoms with van der Waals surface area (Å²) < 4.78 is 6.31. The number of nitrogens with zero attached hydrogens (tertiary/aromatic N) is 1. The van der Waals surface area contributed by atoms with Crippen molar-refractivity contribution in [2.75, 3.05) is 12.4 Å². The van der Waals surface area contributed by atoms with Crippen LogP contribution in [0.25, 0.3) is 20.7 Å². The Balaban J connectivity index is 1.73. The summed E-state index contributed by atoms with van der Waals surface area (Å²) in [5.74, 6) is 0.551. The van der Waals surface area contributed by atoms with E-state index in [1.165, 1.54) is 0 Å². The molecule has 0 saturated carbocycles. The number of aliphatic hydroxyl groups excluding tert-OH is 1. The van der Waals surface area contributed by atoms with Gasteiger partial charge in [-0.25, -0.2) is 0 Å². The zero-order chi connectivity index (χ0) is 19.7. The predicted octanol–water partition coefficient (Wildman–Crippen LogP) is 6.51. The normalized spacial score (nSPS) is 11.0. The maximum atomic E-state index is 9.22. The number of fused-ring (bicyclic) bond motifs is 1. The number of rotatable bonds is 5. The summed E-state index contributed by atoms with van der Waals surface area (Å²) in [4.78, 5) is 5.58. The van der Waals surface area contributed by atoms with Crippen LogP contribution in [-0.4, -0.2) is 17.2 Å². The highest BCUT2D eigenvalue weighted by Gasteiger charge is 2.13. The molecule has 7 heteroatoms. The molecule has 4 nitrogen and oxygen atoms in total. The van der Waals surface area contributed by atoms with Crippen LogP contribution in [0.1, 0.15) is 5.56 Å². The molecule has 4 aromatic rings. The van der Waals surface area contributed by atoms with E-state index in [9.17, 15) is 5.11 Å². The fourth-order valence-electron chi connectivity index (χ4n) is 2.88. The maximum absolute atomic E-state index is 9.22. The zero-order valence-electron chi connectivity index (χ0n) is 14.9. The Kier molecular flexibility index (Phi) is 5.42. The molecule has 0 saturated heterocycles. The summed E-state index contributed by atoms with van der Waals surface area (Å²) in [6.07, 6.45) is 1.76. The minimum absolute atomic E-state index is 0.0354. The van der Waals surface area contributed by atoms with Crippen molar-refractivity contribution in [2.24, 2.45) is 0 Å². The van der Waals surface area contributed by atoms with E-state index in [4.69, 9.17) is 27.9 Å². The first-order chi connectivity index (χ1) is 13.6. The van der Waals surface area contributed by atoms with E-state index in [1.807, 2.05) is 30.3 Å². The van der Waals surface area contributed by atoms with Crippen molar-refractivity contribution < 1.29 is 9.84 Å². The minimum Gasteiger partial charge on any atom is -0.495 e. The van der Waals surface area contributed by atoms with Gasteiger partial charge in [0.05, 0.1) is 45.4 Å². The molecule has 0 bridgehead atoms. The Morgan fingerprint density at radius 2 is 1.82 bits per heavy atom. The Bertz CT molecular complexity index is 1140. The van der Waals surface area contributed by atoms with Crippen LogP contribution in [0.2, 0.25) is 10.0 Å². The molecule has 0 atom stereocenters. The molecule has 2 heterocycles. The average Bonchev–Trinajstić information content (AvgIpc) is 3.15. The van der Waals surface area contributed by atoms with Crippen molar-refractivity contribution in [1.29, 1.82) is 0 Å². The van der Waals surface area contributed by atoms with Gasteiger partial charge in [0.2, 0.25) is 0 Å². The first kappa shape index (κ1) is 19.0. The standard InChI is InChI=1S/C21H16Cl2N2O2S/c1-27-19-9-17(14(22)8-15(19)23)25-16-6-7-24-18-10-20(28-21(16)18)13-4-2-12(11-26)3-5-13/h2-10,26H,11H2,1H3,(H,24,25). The third-order valence-corrected chi connectivity index (χ3v) is 6.16. The van der Waals surface area contributed by atoms with Crippen molar-refractivity contribution in [1.82, 2.24) is 4.98 Å². The largest absolute Gasteiger partial charge is 0.495 e. The molecular weight excluding hydrogens is 415 g/mol. The monoisotopic (exact) mass is 430 g/mol. The van der Waals surface area contributed by atoms with Gasteiger partial charge in [-0.1, -0.05) is 47.5 Å². The van der Waals surface area contributed by atoms with Crippen molar-refractivity contribution in [3.8, 4) is 16.2 Å². The van der Waals surface area contributed by atoms with E-state index in [-0.39, 0.29) is 6.61 Å². The highest BCUT2D eigenvalue weighted by Crippen LogP contribution is 2.40. The number of benzene rings is 2. The van der Waals surface area contributed by atoms with Crippen molar-refractivity contribution in [3.05, 3.63) is 70.3 Å². The van der Waals surface area contributed by atoms with Gasteiger partial charge in [0.25, 0.3) is 0 Å². The number of anilines is 2. The Hall–Kier alpha value is -2.31. The highest BCUT2D eigenvalue weighted by atomic mass is 35.5. The molecule has 0 aliphatic heterocycles. The lowest BCUT2D eigenvalue weighted by Crippen LogP contribution is -1.94. The molecule has 0 amide bonds. The number of halogens is 2. The van der Waals surface area contributed by atoms with Crippen LogP contribution in [0.3, 0.4) is 0 Å². The third-order valence-electron chi connectivity index (χ3n) is 4.34. The van der Waals surface area contributed by atoms with E-state index in [1.54, 1.807) is 36.8 Å². The van der Waals surface area contributed by atoms with Gasteiger partial charge in [0, 0.05) is 17.1 Å². The van der Waals surface area contributed by atoms with Crippen LogP contribution in [-0.2, 0) is 6.61 Å². The highest BCUT2D eigenvalue weighted by molar-refractivity contribution is 7.22. The lowest BCUT2D eigenvalue weighted by molar-refractivity contribution is 0.282. The lowest BCUT2D eigenvalue weighted by atomic mass is 10.1. The molecule has 0 radical (unpaired) electrons. The van der Waals surface area contributed by atoms with Crippen LogP contribution < -0.4 is 10.1 Å². The average molecular weight is 431 g/mol. The van der Waals surface area contributed by atoms with E-state index in [2.05, 4.69) is 16.4 Å². The third kappa shape index (κ3) is 3.66. The van der Waals surface area contributed by atoms with Crippen molar-refractivity contribution in [3.63, 3.8) is 0 Å². The molecule has 142 valence electrons. The Morgan fingerprint density at radius 1 is 1.04 bits per heavy atom. The quantitative estimate of drug-likeness (QED) is 0.378. The van der Waals surface area contributed by atoms with E-state index in [0.29, 0.717) is 21.5 Å². The maximum Gasteiger partial charge on any atom is 0.139 e. The fourth-order valence-corrected chi connectivity index (χ4v) is 4.48. The summed E-state index contributed by atoms with van der Waals surface area (Å²) in [5.41, 5.74) is 4.47. The first-order valence-corrected chi connectivity index (χ1v) is 10.0. The zero-order valence-corrected chi connectivity index (χ0v) is 17.2. The second kappa shape index (κ2) is 7.97. The molecule has 0 aliphatic rings. The number of hydrogen-bond donors (Lipinski definition) is 2. The molecule has 0 unspecified atom stereocenters. The summed E-state index contributed by atoms with van der Waals surface area (Å²) in [6, 6.07) is 15.3. The van der Waals surface area contributed by atoms with Crippen LogP contribution >= 0.6 is 34.5 Å². The number of hydrogen-bond acceptors (Lipinski definition) is 5. The van der Waals surface area contributed by atoms with Gasteiger partial charge in [-0.15, -0.1) is 11.3 Å². The molecule has 0 fully saturated rings. The predicted molar refractivity (Wildman–Crippen MR) is 117 cm³/mol. The number of aliphatic hydroxyl groups is 1. The van der Waals surface area contributed by atoms with Crippen LogP contribution in [0.4, 0.5) is 11.4 Å². The van der Waals surface area contributed by atoms with Gasteiger partial charge in [-0.3, -0.25) is 4.98 Å². The number of aromatic nitrogens is 1. The van der Waals surface area contributed by atoms with Gasteiger partial charge < -0.3 is 15.2 Å². The molecule has 0 spiro atoms. The number of methoxy groups -OCH3 is 1. The summed E-state index contributed by atoms with van der Waals surface area (Å²) in [6.45, 7) is 0.0354. The SMILES string of the molecule is COc1cc(Nc2ccnc3cc(-c4ccc(CO)cc4)sc23)c(Cl)cc1Cl. The van der Waals surface area contributed by atoms with E-state index in [0.717, 1.165) is 31.9 Å². The second-order valence-corrected chi connectivity index (χ2v) is 8.00. The summed E-state index contributed by atoms with van der Waals surface area (Å²) in [7, 11) is 1.57. The van der Waals surface area contributed by atoms with Crippen LogP contribution in [0.5, 0.6) is 5.75 Å². The van der Waals surface area contributed by atoms with Crippen LogP contribution in [0.15, 0.2) is 54.7 Å². The molecule has 2 aromatic carbocycles. The topological polar surface area (TPSA) is 54.4 Å². The fraction of sp³-hybridized carbons (Fsp3) is 0.0952. The molecule has 28 heavy (non-hydrogen) atoms. The second-order valence-electron chi connectivity index (χ2n) is 6.13. The number of thiophene rings is 1. The van der Waals surface area contributed by atoms with Gasteiger partial charge >= 0.3 is 0 Å². The van der Waals surface area contributed by atoms with Gasteiger partial charge in [-0.2, -0.15) is 0 Å². The summed E-state index contributed by atoms with van der Waals surface area (Å²) >= 11 is 14.1. The molecular formula is C21H16Cl2N2O2S. The van der Waals surface area contributed by atoms with Gasteiger partial charge in [0.15, 0.2) is 0 Å². The Labute approximate surface area is 176 Å². The first-order valence-electron chi connectivity index (χ1n) is 8.48. The number of nitrogens with one attached hydrogen (secondary N) is 1. The smallest absolute Gasteiger partial charge is 0.139 e. The van der Waals surface area contributed by atoms with Crippen molar-refractivity contribution >= 4 is 56.1 Å². The lowest BCUT2D eigenvalue weighted by Gasteiger charge is -2.12. The minimum atomic E-state index is 0.0354. The van der Waals surface area contributed by atoms with Gasteiger partial charge in [0.1, 0.15) is 5.75 Å². The van der Waals surface area contributed by atoms with Gasteiger partial charge in [-0.05, 0) is 29.3 Å². The summed E-state index contributed by atoms with van der Waals surface area (Å²) in [5, 5.41) is 13.6. The van der Waals surface area contributed by atoms with E-state index < -0.39 is 0 Å².